The van der Waals surface area contributed by atoms with Crippen molar-refractivity contribution >= 4 is 68.2 Å². The molecule has 0 amide bonds. The molecule has 0 fully saturated rings. The van der Waals surface area contributed by atoms with Crippen LogP contribution in [0.1, 0.15) is 62.8 Å². The van der Waals surface area contributed by atoms with Crippen LogP contribution in [0.3, 0.4) is 0 Å². The number of nitrogens with zero attached hydrogens (tertiary/aromatic N) is 1. The van der Waals surface area contributed by atoms with E-state index in [-0.39, 0.29) is 10.8 Å². The molecule has 0 radical (unpaired) electrons. The molecule has 0 saturated heterocycles. The van der Waals surface area contributed by atoms with Gasteiger partial charge in [-0.15, -0.1) is 0 Å². The molecule has 1 N–H and O–H groups in total. The van der Waals surface area contributed by atoms with E-state index in [0.29, 0.717) is 0 Å². The third-order valence-corrected chi connectivity index (χ3v) is 13.1. The molecule has 3 heteroatoms. The van der Waals surface area contributed by atoms with Gasteiger partial charge >= 0.3 is 0 Å². The molecule has 278 valence electrons. The summed E-state index contributed by atoms with van der Waals surface area (Å²) in [5, 5.41) is 8.94. The lowest BCUT2D eigenvalue weighted by molar-refractivity contribution is 0.332. The van der Waals surface area contributed by atoms with Gasteiger partial charge in [-0.2, -0.15) is 0 Å². The highest BCUT2D eigenvalue weighted by Gasteiger charge is 2.39. The first-order valence-electron chi connectivity index (χ1n) is 20.6. The fourth-order valence-corrected chi connectivity index (χ4v) is 9.73. The Hall–Kier alpha value is -6.06. The van der Waals surface area contributed by atoms with Crippen molar-refractivity contribution in [3.63, 3.8) is 0 Å². The van der Waals surface area contributed by atoms with Crippen molar-refractivity contribution in [1.29, 1.82) is 0 Å². The van der Waals surface area contributed by atoms with Crippen LogP contribution >= 0.6 is 0 Å². The number of anilines is 5. The zero-order chi connectivity index (χ0) is 39.1. The van der Waals surface area contributed by atoms with Gasteiger partial charge in [0, 0.05) is 33.7 Å². The van der Waals surface area contributed by atoms with E-state index in [0.717, 1.165) is 18.7 Å². The first-order valence-corrected chi connectivity index (χ1v) is 20.6. The van der Waals surface area contributed by atoms with Gasteiger partial charge in [0.25, 0.3) is 0 Å². The summed E-state index contributed by atoms with van der Waals surface area (Å²) >= 11 is 0. The Bertz CT molecular complexity index is 2870. The first-order chi connectivity index (χ1) is 27.5. The molecular weight excluding hydrogens is 687 g/mol. The van der Waals surface area contributed by atoms with Crippen molar-refractivity contribution in [2.45, 2.75) is 65.2 Å². The van der Waals surface area contributed by atoms with E-state index in [1.807, 2.05) is 0 Å². The quantitative estimate of drug-likeness (QED) is 0.177. The predicted octanol–water partition coefficient (Wildman–Crippen LogP) is 13.2. The molecule has 1 aliphatic heterocycles. The van der Waals surface area contributed by atoms with Gasteiger partial charge in [-0.05, 0) is 128 Å². The molecule has 0 aromatic heterocycles. The largest absolute Gasteiger partial charge is 0.355 e. The van der Waals surface area contributed by atoms with Gasteiger partial charge < -0.3 is 10.2 Å². The van der Waals surface area contributed by atoms with Crippen LogP contribution in [-0.4, -0.2) is 7.28 Å². The van der Waals surface area contributed by atoms with Gasteiger partial charge in [0.05, 0.1) is 5.69 Å². The van der Waals surface area contributed by atoms with E-state index in [1.54, 1.807) is 0 Å². The highest BCUT2D eigenvalue weighted by molar-refractivity contribution is 6.73. The molecule has 1 aliphatic carbocycles. The zero-order valence-corrected chi connectivity index (χ0v) is 34.0. The molecule has 57 heavy (non-hydrogen) atoms. The lowest BCUT2D eigenvalue weighted by Crippen LogP contribution is -2.41. The summed E-state index contributed by atoms with van der Waals surface area (Å²) in [6, 6.07) is 56.5. The van der Waals surface area contributed by atoms with Crippen LogP contribution in [0.4, 0.5) is 28.4 Å². The molecule has 10 rings (SSSR count). The average molecular weight is 737 g/mol. The van der Waals surface area contributed by atoms with E-state index >= 15 is 0 Å². The lowest BCUT2D eigenvalue weighted by atomic mass is 9.57. The number of hydrogen-bond donors (Lipinski definition) is 1. The third-order valence-electron chi connectivity index (χ3n) is 13.1. The standard InChI is InChI=1S/C54H49BN2/c1-34-28-44(43-25-22-38-16-12-13-19-42(38)52(43)56-41-23-20-37(21-24-41)36-14-8-7-9-15-36)51-50(29-34)57(49-32-40-18-11-10-17-39(40)31-47(49)55-51)48-33-46-45(30-35(48)2)53(3,4)26-27-54(46,5)6/h7-25,28-33,55-56H,26-27H2,1-6H3. The zero-order valence-electron chi connectivity index (χ0n) is 34.0. The summed E-state index contributed by atoms with van der Waals surface area (Å²) in [4.78, 5) is 2.61. The molecule has 0 atom stereocenters. The van der Waals surface area contributed by atoms with Crippen LogP contribution in [0.2, 0.25) is 0 Å². The predicted molar refractivity (Wildman–Crippen MR) is 248 cm³/mol. The first kappa shape index (κ1) is 35.4. The molecule has 8 aromatic rings. The SMILES string of the molecule is Cc1cc(-c2ccc3ccccc3c2Nc2ccc(-c3ccccc3)cc2)c2c(c1)N(c1cc3c(cc1C)C(C)(C)CCC3(C)C)c1cc3ccccc3cc1B2. The summed E-state index contributed by atoms with van der Waals surface area (Å²) in [5.41, 5.74) is 19.5. The molecule has 0 saturated carbocycles. The lowest BCUT2D eigenvalue weighted by Gasteiger charge is -2.44. The number of hydrogen-bond acceptors (Lipinski definition) is 2. The third kappa shape index (κ3) is 6.03. The number of fused-ring (bicyclic) bond motifs is 5. The van der Waals surface area contributed by atoms with Crippen molar-refractivity contribution in [3.05, 3.63) is 174 Å². The highest BCUT2D eigenvalue weighted by atomic mass is 15.2. The van der Waals surface area contributed by atoms with Crippen LogP contribution in [-0.2, 0) is 10.8 Å². The Kier molecular flexibility index (Phi) is 8.24. The minimum atomic E-state index is 0.0981. The number of aryl methyl sites for hydroxylation is 2. The maximum atomic E-state index is 3.95. The summed E-state index contributed by atoms with van der Waals surface area (Å²) in [7, 11) is 0.849. The molecule has 2 aliphatic rings. The van der Waals surface area contributed by atoms with Crippen LogP contribution in [0, 0.1) is 13.8 Å². The Morgan fingerprint density at radius 1 is 0.526 bits per heavy atom. The molecular formula is C54H49BN2. The highest BCUT2D eigenvalue weighted by Crippen LogP contribution is 2.50. The van der Waals surface area contributed by atoms with Gasteiger partial charge in [-0.1, -0.05) is 154 Å². The maximum absolute atomic E-state index is 3.95. The Labute approximate surface area is 338 Å². The van der Waals surface area contributed by atoms with Crippen LogP contribution in [0.15, 0.2) is 152 Å². The Morgan fingerprint density at radius 3 is 1.89 bits per heavy atom. The van der Waals surface area contributed by atoms with Crippen molar-refractivity contribution in [2.75, 3.05) is 10.2 Å². The second-order valence-corrected chi connectivity index (χ2v) is 17.9. The molecule has 0 bridgehead atoms. The molecule has 0 spiro atoms. The number of benzene rings is 8. The molecule has 1 heterocycles. The number of rotatable bonds is 5. The van der Waals surface area contributed by atoms with Gasteiger partial charge in [0.15, 0.2) is 7.28 Å². The van der Waals surface area contributed by atoms with Crippen LogP contribution in [0.25, 0.3) is 43.8 Å². The molecule has 0 unspecified atom stereocenters. The molecule has 2 nitrogen and oxygen atoms in total. The Morgan fingerprint density at radius 2 is 1.16 bits per heavy atom. The summed E-state index contributed by atoms with van der Waals surface area (Å²) in [5.74, 6) is 0. The van der Waals surface area contributed by atoms with Crippen LogP contribution < -0.4 is 21.1 Å². The normalized spacial score (nSPS) is 15.1. The minimum absolute atomic E-state index is 0.0981. The van der Waals surface area contributed by atoms with Crippen molar-refractivity contribution in [1.82, 2.24) is 0 Å². The smallest absolute Gasteiger partial charge is 0.198 e. The summed E-state index contributed by atoms with van der Waals surface area (Å²) < 4.78 is 0. The van der Waals surface area contributed by atoms with E-state index in [9.17, 15) is 0 Å². The van der Waals surface area contributed by atoms with Crippen molar-refractivity contribution in [2.24, 2.45) is 0 Å². The topological polar surface area (TPSA) is 15.3 Å². The van der Waals surface area contributed by atoms with E-state index < -0.39 is 0 Å². The minimum Gasteiger partial charge on any atom is -0.355 e. The van der Waals surface area contributed by atoms with Gasteiger partial charge in [0.2, 0.25) is 0 Å². The summed E-state index contributed by atoms with van der Waals surface area (Å²) in [6.07, 6.45) is 2.39. The van der Waals surface area contributed by atoms with Gasteiger partial charge in [-0.25, -0.2) is 0 Å². The second-order valence-electron chi connectivity index (χ2n) is 17.9. The second kappa shape index (κ2) is 13.3. The van der Waals surface area contributed by atoms with E-state index in [4.69, 9.17) is 0 Å². The van der Waals surface area contributed by atoms with Crippen molar-refractivity contribution in [3.8, 4) is 22.3 Å². The monoisotopic (exact) mass is 736 g/mol. The van der Waals surface area contributed by atoms with E-state index in [2.05, 4.69) is 203 Å². The van der Waals surface area contributed by atoms with Gasteiger partial charge in [-0.3, -0.25) is 0 Å². The van der Waals surface area contributed by atoms with Crippen molar-refractivity contribution < 1.29 is 0 Å². The maximum Gasteiger partial charge on any atom is 0.198 e. The average Bonchev–Trinajstić information content (AvgIpc) is 3.22. The number of nitrogens with one attached hydrogen (secondary N) is 1. The Balaban J connectivity index is 1.19. The van der Waals surface area contributed by atoms with Gasteiger partial charge in [0.1, 0.15) is 0 Å². The van der Waals surface area contributed by atoms with E-state index in [1.165, 1.54) is 107 Å². The van der Waals surface area contributed by atoms with Crippen LogP contribution in [0.5, 0.6) is 0 Å². The fraction of sp³-hybridized carbons (Fsp3) is 0.185. The summed E-state index contributed by atoms with van der Waals surface area (Å²) in [6.45, 7) is 14.3. The fourth-order valence-electron chi connectivity index (χ4n) is 9.73. The molecule has 8 aromatic carbocycles.